The standard InChI is InChI=1S/C29H29N3O7/c33-19-22(17-27(36)37)30-26(35)18-32-23(16-21-10-5-2-6-11-21)14-15-24(29(32)39)31-28(38)25(34)13-7-12-20-8-3-1-4-9-20/h1-6,8-11,14-15,19,22H,7,12-13,16-18H2,(H,30,35)(H,31,38)(H,36,37). The van der Waals surface area contributed by atoms with Crippen molar-refractivity contribution in [3.8, 4) is 0 Å². The SMILES string of the molecule is O=CC(CC(=O)O)NC(=O)Cn1c(Cc2ccccc2)ccc(NC(=O)C(=O)CCCc2ccccc2)c1=O. The first-order valence-corrected chi connectivity index (χ1v) is 12.4. The van der Waals surface area contributed by atoms with E-state index in [1.54, 1.807) is 6.07 Å². The molecule has 3 N–H and O–H groups in total. The number of aldehydes is 1. The summed E-state index contributed by atoms with van der Waals surface area (Å²) >= 11 is 0. The van der Waals surface area contributed by atoms with Gasteiger partial charge in [0.25, 0.3) is 11.5 Å². The van der Waals surface area contributed by atoms with Crippen LogP contribution in [0, 0.1) is 0 Å². The van der Waals surface area contributed by atoms with Gasteiger partial charge in [0, 0.05) is 18.5 Å². The summed E-state index contributed by atoms with van der Waals surface area (Å²) in [6.07, 6.45) is 1.07. The van der Waals surface area contributed by atoms with Gasteiger partial charge >= 0.3 is 5.97 Å². The number of benzene rings is 2. The molecular formula is C29H29N3O7. The summed E-state index contributed by atoms with van der Waals surface area (Å²) in [6.45, 7) is -0.528. The third-order valence-electron chi connectivity index (χ3n) is 5.91. The summed E-state index contributed by atoms with van der Waals surface area (Å²) in [5.41, 5.74) is 1.44. The Labute approximate surface area is 224 Å². The molecule has 1 atom stereocenters. The molecule has 1 unspecified atom stereocenters. The number of rotatable bonds is 14. The molecule has 0 bridgehead atoms. The van der Waals surface area contributed by atoms with Gasteiger partial charge in [-0.1, -0.05) is 60.7 Å². The summed E-state index contributed by atoms with van der Waals surface area (Å²) in [6, 6.07) is 20.4. The first-order valence-electron chi connectivity index (χ1n) is 12.4. The number of carboxylic acids is 1. The van der Waals surface area contributed by atoms with Crippen molar-refractivity contribution in [3.05, 3.63) is 100.0 Å². The van der Waals surface area contributed by atoms with Crippen LogP contribution in [0.15, 0.2) is 77.6 Å². The maximum absolute atomic E-state index is 13.3. The zero-order valence-electron chi connectivity index (χ0n) is 21.2. The van der Waals surface area contributed by atoms with E-state index in [4.69, 9.17) is 5.11 Å². The van der Waals surface area contributed by atoms with E-state index in [-0.39, 0.29) is 18.5 Å². The van der Waals surface area contributed by atoms with Gasteiger partial charge in [-0.3, -0.25) is 24.0 Å². The Morgan fingerprint density at radius 1 is 0.897 bits per heavy atom. The number of carboxylic acid groups (broad SMARTS) is 1. The van der Waals surface area contributed by atoms with Crippen LogP contribution in [-0.4, -0.2) is 45.6 Å². The molecule has 39 heavy (non-hydrogen) atoms. The van der Waals surface area contributed by atoms with Crippen LogP contribution in [0.3, 0.4) is 0 Å². The third kappa shape index (κ3) is 8.89. The van der Waals surface area contributed by atoms with Gasteiger partial charge < -0.3 is 25.1 Å². The minimum atomic E-state index is -1.27. The van der Waals surface area contributed by atoms with Crippen molar-refractivity contribution in [2.75, 3.05) is 5.32 Å². The van der Waals surface area contributed by atoms with Crippen molar-refractivity contribution in [2.45, 2.75) is 44.7 Å². The number of hydrogen-bond donors (Lipinski definition) is 3. The quantitative estimate of drug-likeness (QED) is 0.213. The number of Topliss-reactive ketones (excluding diaryl/α,β-unsaturated/α-hetero) is 1. The fourth-order valence-corrected chi connectivity index (χ4v) is 3.97. The maximum atomic E-state index is 13.3. The lowest BCUT2D eigenvalue weighted by Crippen LogP contribution is -2.42. The van der Waals surface area contributed by atoms with Crippen molar-refractivity contribution in [1.29, 1.82) is 0 Å². The highest BCUT2D eigenvalue weighted by Gasteiger charge is 2.20. The number of nitrogens with one attached hydrogen (secondary N) is 2. The van der Waals surface area contributed by atoms with Crippen LogP contribution in [0.2, 0.25) is 0 Å². The second kappa shape index (κ2) is 14.2. The smallest absolute Gasteiger partial charge is 0.305 e. The molecule has 1 aromatic heterocycles. The summed E-state index contributed by atoms with van der Waals surface area (Å²) in [4.78, 5) is 72.9. The molecule has 202 valence electrons. The van der Waals surface area contributed by atoms with E-state index in [2.05, 4.69) is 10.6 Å². The molecule has 10 nitrogen and oxygen atoms in total. The van der Waals surface area contributed by atoms with Crippen molar-refractivity contribution in [1.82, 2.24) is 9.88 Å². The zero-order chi connectivity index (χ0) is 28.2. The average molecular weight is 532 g/mol. The number of aromatic nitrogens is 1. The second-order valence-electron chi connectivity index (χ2n) is 8.92. The van der Waals surface area contributed by atoms with Crippen LogP contribution in [-0.2, 0) is 43.4 Å². The topological polar surface area (TPSA) is 152 Å². The van der Waals surface area contributed by atoms with Crippen LogP contribution >= 0.6 is 0 Å². The number of amides is 2. The van der Waals surface area contributed by atoms with Crippen molar-refractivity contribution >= 4 is 35.5 Å². The van der Waals surface area contributed by atoms with E-state index in [0.29, 0.717) is 24.8 Å². The first-order chi connectivity index (χ1) is 18.8. The zero-order valence-corrected chi connectivity index (χ0v) is 21.2. The van der Waals surface area contributed by atoms with Gasteiger partial charge in [0.05, 0.1) is 12.5 Å². The summed E-state index contributed by atoms with van der Waals surface area (Å²) in [5, 5.41) is 13.6. The molecule has 3 aromatic rings. The van der Waals surface area contributed by atoms with Crippen LogP contribution in [0.5, 0.6) is 0 Å². The normalized spacial score (nSPS) is 11.3. The number of carbonyl (C=O) groups is 5. The Morgan fingerprint density at radius 2 is 1.54 bits per heavy atom. The predicted octanol–water partition coefficient (Wildman–Crippen LogP) is 2.13. The Bertz CT molecular complexity index is 1380. The van der Waals surface area contributed by atoms with Gasteiger partial charge in [-0.05, 0) is 36.1 Å². The molecule has 0 saturated carbocycles. The van der Waals surface area contributed by atoms with Gasteiger partial charge in [-0.25, -0.2) is 0 Å². The number of aliphatic carboxylic acids is 1. The highest BCUT2D eigenvalue weighted by atomic mass is 16.4. The fraction of sp³-hybridized carbons (Fsp3) is 0.241. The van der Waals surface area contributed by atoms with Crippen molar-refractivity contribution in [2.24, 2.45) is 0 Å². The largest absolute Gasteiger partial charge is 0.481 e. The summed E-state index contributed by atoms with van der Waals surface area (Å²) < 4.78 is 1.13. The highest BCUT2D eigenvalue weighted by Crippen LogP contribution is 2.12. The molecule has 0 fully saturated rings. The lowest BCUT2D eigenvalue weighted by atomic mass is 10.1. The molecule has 2 aromatic carbocycles. The molecular weight excluding hydrogens is 502 g/mol. The number of aryl methyl sites for hydroxylation is 1. The minimum Gasteiger partial charge on any atom is -0.481 e. The van der Waals surface area contributed by atoms with E-state index in [1.807, 2.05) is 60.7 Å². The maximum Gasteiger partial charge on any atom is 0.305 e. The lowest BCUT2D eigenvalue weighted by molar-refractivity contribution is -0.138. The predicted molar refractivity (Wildman–Crippen MR) is 143 cm³/mol. The van der Waals surface area contributed by atoms with E-state index in [0.717, 1.165) is 15.7 Å². The summed E-state index contributed by atoms with van der Waals surface area (Å²) in [7, 11) is 0. The molecule has 0 aliphatic carbocycles. The van der Waals surface area contributed by atoms with Gasteiger partial charge in [0.1, 0.15) is 18.5 Å². The number of anilines is 1. The number of nitrogens with zero attached hydrogens (tertiary/aromatic N) is 1. The van der Waals surface area contributed by atoms with Crippen LogP contribution in [0.25, 0.3) is 0 Å². The van der Waals surface area contributed by atoms with Gasteiger partial charge in [-0.15, -0.1) is 0 Å². The first kappa shape index (κ1) is 28.7. The van der Waals surface area contributed by atoms with E-state index >= 15 is 0 Å². The van der Waals surface area contributed by atoms with Crippen molar-refractivity contribution in [3.63, 3.8) is 0 Å². The third-order valence-corrected chi connectivity index (χ3v) is 5.91. The number of ketones is 1. The van der Waals surface area contributed by atoms with Crippen LogP contribution < -0.4 is 16.2 Å². The molecule has 1 heterocycles. The molecule has 0 saturated heterocycles. The van der Waals surface area contributed by atoms with E-state index in [1.165, 1.54) is 6.07 Å². The highest BCUT2D eigenvalue weighted by molar-refractivity contribution is 6.40. The Morgan fingerprint density at radius 3 is 2.15 bits per heavy atom. The Balaban J connectivity index is 1.76. The lowest BCUT2D eigenvalue weighted by Gasteiger charge is -2.16. The number of hydrogen-bond acceptors (Lipinski definition) is 6. The summed E-state index contributed by atoms with van der Waals surface area (Å²) in [5.74, 6) is -3.64. The molecule has 0 radical (unpaired) electrons. The molecule has 3 rings (SSSR count). The second-order valence-corrected chi connectivity index (χ2v) is 8.92. The van der Waals surface area contributed by atoms with Crippen LogP contribution in [0.1, 0.15) is 36.1 Å². The molecule has 0 aliphatic rings. The number of pyridine rings is 1. The fourth-order valence-electron chi connectivity index (χ4n) is 3.97. The van der Waals surface area contributed by atoms with Gasteiger partial charge in [-0.2, -0.15) is 0 Å². The van der Waals surface area contributed by atoms with Crippen molar-refractivity contribution < 1.29 is 29.1 Å². The van der Waals surface area contributed by atoms with Gasteiger partial charge in [0.2, 0.25) is 11.7 Å². The molecule has 10 heteroatoms. The average Bonchev–Trinajstić information content (AvgIpc) is 2.92. The Kier molecular flexibility index (Phi) is 10.4. The Hall–Kier alpha value is -4.86. The molecule has 0 spiro atoms. The van der Waals surface area contributed by atoms with E-state index in [9.17, 15) is 28.8 Å². The molecule has 2 amide bonds. The van der Waals surface area contributed by atoms with E-state index < -0.39 is 48.1 Å². The van der Waals surface area contributed by atoms with Crippen LogP contribution in [0.4, 0.5) is 5.69 Å². The van der Waals surface area contributed by atoms with Gasteiger partial charge in [0.15, 0.2) is 0 Å². The number of carbonyl (C=O) groups excluding carboxylic acids is 4. The monoisotopic (exact) mass is 531 g/mol. The minimum absolute atomic E-state index is 0.0000752. The molecule has 0 aliphatic heterocycles.